The molecule has 1 heterocycles. The second-order valence-electron chi connectivity index (χ2n) is 3.89. The SMILES string of the molecule is CCC(C)(C)c1nc(SCC(=O)O)n[nH]1. The van der Waals surface area contributed by atoms with Gasteiger partial charge in [0.25, 0.3) is 0 Å². The largest absolute Gasteiger partial charge is 0.481 e. The molecule has 0 radical (unpaired) electrons. The molecular formula is C9H15N3O2S. The molecule has 6 heteroatoms. The summed E-state index contributed by atoms with van der Waals surface area (Å²) < 4.78 is 0. The number of hydrogen-bond acceptors (Lipinski definition) is 4. The molecule has 0 aromatic carbocycles. The van der Waals surface area contributed by atoms with E-state index in [1.165, 1.54) is 0 Å². The molecule has 15 heavy (non-hydrogen) atoms. The van der Waals surface area contributed by atoms with E-state index in [-0.39, 0.29) is 11.2 Å². The Morgan fingerprint density at radius 1 is 1.60 bits per heavy atom. The van der Waals surface area contributed by atoms with E-state index in [0.29, 0.717) is 5.16 Å². The van der Waals surface area contributed by atoms with Gasteiger partial charge >= 0.3 is 5.97 Å². The lowest BCUT2D eigenvalue weighted by atomic mass is 9.90. The highest BCUT2D eigenvalue weighted by molar-refractivity contribution is 7.99. The quantitative estimate of drug-likeness (QED) is 0.751. The number of nitrogens with one attached hydrogen (secondary N) is 1. The van der Waals surface area contributed by atoms with Crippen LogP contribution >= 0.6 is 11.8 Å². The molecule has 0 aliphatic carbocycles. The average Bonchev–Trinajstić information content (AvgIpc) is 2.63. The van der Waals surface area contributed by atoms with Crippen LogP contribution in [0.25, 0.3) is 0 Å². The van der Waals surface area contributed by atoms with Gasteiger partial charge in [-0.05, 0) is 6.42 Å². The van der Waals surface area contributed by atoms with Gasteiger partial charge < -0.3 is 5.11 Å². The number of thioether (sulfide) groups is 1. The molecule has 0 saturated carbocycles. The van der Waals surface area contributed by atoms with Gasteiger partial charge in [-0.2, -0.15) is 0 Å². The van der Waals surface area contributed by atoms with E-state index >= 15 is 0 Å². The van der Waals surface area contributed by atoms with Gasteiger partial charge in [0.15, 0.2) is 0 Å². The van der Waals surface area contributed by atoms with Gasteiger partial charge in [0.2, 0.25) is 5.16 Å². The Labute approximate surface area is 92.7 Å². The van der Waals surface area contributed by atoms with Gasteiger partial charge in [0.1, 0.15) is 5.82 Å². The van der Waals surface area contributed by atoms with Gasteiger partial charge in [-0.1, -0.05) is 32.5 Å². The third-order valence-corrected chi connectivity index (χ3v) is 3.15. The Kier molecular flexibility index (Phi) is 3.73. The summed E-state index contributed by atoms with van der Waals surface area (Å²) in [6, 6.07) is 0. The number of rotatable bonds is 5. The smallest absolute Gasteiger partial charge is 0.313 e. The number of hydrogen-bond donors (Lipinski definition) is 2. The number of aromatic amines is 1. The van der Waals surface area contributed by atoms with E-state index in [0.717, 1.165) is 24.0 Å². The van der Waals surface area contributed by atoms with Crippen LogP contribution < -0.4 is 0 Å². The van der Waals surface area contributed by atoms with Crippen LogP contribution in [0.4, 0.5) is 0 Å². The zero-order valence-electron chi connectivity index (χ0n) is 9.07. The van der Waals surface area contributed by atoms with Gasteiger partial charge in [-0.15, -0.1) is 5.10 Å². The predicted molar refractivity (Wildman–Crippen MR) is 58.1 cm³/mol. The number of carboxylic acid groups (broad SMARTS) is 1. The molecule has 1 aromatic rings. The maximum Gasteiger partial charge on any atom is 0.313 e. The summed E-state index contributed by atoms with van der Waals surface area (Å²) in [5.74, 6) is -0.0666. The Hall–Kier alpha value is -1.04. The van der Waals surface area contributed by atoms with E-state index in [1.54, 1.807) is 0 Å². The fraction of sp³-hybridized carbons (Fsp3) is 0.667. The van der Waals surface area contributed by atoms with Crippen LogP contribution in [0.1, 0.15) is 33.0 Å². The highest BCUT2D eigenvalue weighted by atomic mass is 32.2. The normalized spacial score (nSPS) is 11.7. The molecule has 0 fully saturated rings. The lowest BCUT2D eigenvalue weighted by Crippen LogP contribution is -2.17. The van der Waals surface area contributed by atoms with Crippen LogP contribution in [0.15, 0.2) is 5.16 Å². The minimum absolute atomic E-state index is 0.0101. The molecule has 0 bridgehead atoms. The van der Waals surface area contributed by atoms with E-state index in [4.69, 9.17) is 5.11 Å². The third kappa shape index (κ3) is 3.23. The maximum absolute atomic E-state index is 10.3. The Morgan fingerprint density at radius 2 is 2.27 bits per heavy atom. The van der Waals surface area contributed by atoms with Crippen molar-refractivity contribution in [3.63, 3.8) is 0 Å². The van der Waals surface area contributed by atoms with Crippen molar-refractivity contribution in [2.75, 3.05) is 5.75 Å². The summed E-state index contributed by atoms with van der Waals surface area (Å²) in [6.45, 7) is 6.21. The molecule has 0 unspecified atom stereocenters. The summed E-state index contributed by atoms with van der Waals surface area (Å²) in [4.78, 5) is 14.6. The molecule has 0 amide bonds. The third-order valence-electron chi connectivity index (χ3n) is 2.31. The predicted octanol–water partition coefficient (Wildman–Crippen LogP) is 1.67. The minimum Gasteiger partial charge on any atom is -0.481 e. The van der Waals surface area contributed by atoms with Crippen LogP contribution in [0.5, 0.6) is 0 Å². The average molecular weight is 229 g/mol. The van der Waals surface area contributed by atoms with E-state index < -0.39 is 5.97 Å². The highest BCUT2D eigenvalue weighted by Crippen LogP contribution is 2.24. The standard InChI is InChI=1S/C9H15N3O2S/c1-4-9(2,3)7-10-8(12-11-7)15-5-6(13)14/h4-5H2,1-3H3,(H,13,14)(H,10,11,12). The van der Waals surface area contributed by atoms with Crippen molar-refractivity contribution in [2.45, 2.75) is 37.8 Å². The van der Waals surface area contributed by atoms with Crippen molar-refractivity contribution in [1.29, 1.82) is 0 Å². The van der Waals surface area contributed by atoms with Gasteiger partial charge in [-0.25, -0.2) is 4.98 Å². The molecule has 1 rings (SSSR count). The van der Waals surface area contributed by atoms with E-state index in [1.807, 2.05) is 0 Å². The molecule has 5 nitrogen and oxygen atoms in total. The van der Waals surface area contributed by atoms with E-state index in [9.17, 15) is 4.79 Å². The minimum atomic E-state index is -0.860. The first-order valence-electron chi connectivity index (χ1n) is 4.73. The van der Waals surface area contributed by atoms with E-state index in [2.05, 4.69) is 36.0 Å². The molecule has 1 aromatic heterocycles. The number of aromatic nitrogens is 3. The molecular weight excluding hydrogens is 214 g/mol. The second-order valence-corrected chi connectivity index (χ2v) is 4.83. The topological polar surface area (TPSA) is 78.9 Å². The molecule has 0 aliphatic heterocycles. The van der Waals surface area contributed by atoms with Crippen molar-refractivity contribution in [1.82, 2.24) is 15.2 Å². The second kappa shape index (κ2) is 4.65. The lowest BCUT2D eigenvalue weighted by molar-refractivity contribution is -0.133. The zero-order valence-corrected chi connectivity index (χ0v) is 9.89. The molecule has 2 N–H and O–H groups in total. The van der Waals surface area contributed by atoms with Crippen molar-refractivity contribution in [3.8, 4) is 0 Å². The molecule has 0 saturated heterocycles. The first-order valence-corrected chi connectivity index (χ1v) is 5.71. The first-order chi connectivity index (χ1) is 6.95. The summed E-state index contributed by atoms with van der Waals surface area (Å²) >= 11 is 1.12. The lowest BCUT2D eigenvalue weighted by Gasteiger charge is -2.18. The van der Waals surface area contributed by atoms with Crippen molar-refractivity contribution in [2.24, 2.45) is 0 Å². The Bertz CT molecular complexity index is 349. The highest BCUT2D eigenvalue weighted by Gasteiger charge is 2.22. The van der Waals surface area contributed by atoms with Crippen LogP contribution in [0, 0.1) is 0 Å². The summed E-state index contributed by atoms with van der Waals surface area (Å²) in [6.07, 6.45) is 0.950. The van der Waals surface area contributed by atoms with Gasteiger partial charge in [0, 0.05) is 5.41 Å². The van der Waals surface area contributed by atoms with Crippen LogP contribution in [-0.2, 0) is 10.2 Å². The first kappa shape index (κ1) is 12.0. The number of H-pyrrole nitrogens is 1. The monoisotopic (exact) mass is 229 g/mol. The van der Waals surface area contributed by atoms with Crippen molar-refractivity contribution < 1.29 is 9.90 Å². The fourth-order valence-corrected chi connectivity index (χ4v) is 1.43. The summed E-state index contributed by atoms with van der Waals surface area (Å²) in [5, 5.41) is 15.8. The van der Waals surface area contributed by atoms with Crippen LogP contribution in [0.2, 0.25) is 0 Å². The van der Waals surface area contributed by atoms with Crippen molar-refractivity contribution >= 4 is 17.7 Å². The number of carbonyl (C=O) groups is 1. The van der Waals surface area contributed by atoms with Crippen LogP contribution in [0.3, 0.4) is 0 Å². The molecule has 0 spiro atoms. The van der Waals surface area contributed by atoms with Crippen molar-refractivity contribution in [3.05, 3.63) is 5.82 Å². The Balaban J connectivity index is 2.68. The molecule has 0 aliphatic rings. The summed E-state index contributed by atoms with van der Waals surface area (Å²) in [5.41, 5.74) is -0.0466. The maximum atomic E-state index is 10.3. The number of carboxylic acids is 1. The summed E-state index contributed by atoms with van der Waals surface area (Å²) in [7, 11) is 0. The Morgan fingerprint density at radius 3 is 2.80 bits per heavy atom. The van der Waals surface area contributed by atoms with Gasteiger partial charge in [0.05, 0.1) is 5.75 Å². The van der Waals surface area contributed by atoms with Gasteiger partial charge in [-0.3, -0.25) is 9.89 Å². The zero-order chi connectivity index (χ0) is 11.5. The molecule has 0 atom stereocenters. The number of aliphatic carboxylic acids is 1. The number of nitrogens with zero attached hydrogens (tertiary/aromatic N) is 2. The fourth-order valence-electron chi connectivity index (χ4n) is 0.907. The van der Waals surface area contributed by atoms with Crippen LogP contribution in [-0.4, -0.2) is 32.0 Å². The molecule has 84 valence electrons.